The van der Waals surface area contributed by atoms with E-state index in [-0.39, 0.29) is 0 Å². The van der Waals surface area contributed by atoms with Gasteiger partial charge in [0, 0.05) is 47.1 Å². The van der Waals surface area contributed by atoms with Crippen LogP contribution < -0.4 is 0 Å². The highest BCUT2D eigenvalue weighted by Crippen LogP contribution is 2.46. The number of para-hydroxylation sites is 3. The van der Waals surface area contributed by atoms with Gasteiger partial charge in [-0.25, -0.2) is 0 Å². The Bertz CT molecular complexity index is 3040. The molecule has 0 unspecified atom stereocenters. The molecule has 0 bridgehead atoms. The average molecular weight is 641 g/mol. The zero-order chi connectivity index (χ0) is 32.1. The van der Waals surface area contributed by atoms with Crippen molar-refractivity contribution < 1.29 is 0 Å². The molecule has 49 heavy (non-hydrogen) atoms. The minimum absolute atomic E-state index is 1.18. The van der Waals surface area contributed by atoms with Gasteiger partial charge in [-0.2, -0.15) is 0 Å². The van der Waals surface area contributed by atoms with Crippen LogP contribution in [0.5, 0.6) is 0 Å². The van der Waals surface area contributed by atoms with E-state index in [2.05, 4.69) is 179 Å². The normalized spacial score (nSPS) is 12.1. The molecule has 2 nitrogen and oxygen atoms in total. The van der Waals surface area contributed by atoms with E-state index >= 15 is 0 Å². The Kier molecular flexibility index (Phi) is 5.57. The monoisotopic (exact) mass is 640 g/mol. The maximum Gasteiger partial charge on any atom is 0.0783 e. The van der Waals surface area contributed by atoms with Crippen LogP contribution in [0.1, 0.15) is 0 Å². The lowest BCUT2D eigenvalue weighted by molar-refractivity contribution is 1.14. The summed E-state index contributed by atoms with van der Waals surface area (Å²) in [7, 11) is 0. The fraction of sp³-hybridized carbons (Fsp3) is 0. The summed E-state index contributed by atoms with van der Waals surface area (Å²) in [5.74, 6) is 0. The molecule has 0 fully saturated rings. The number of aromatic nitrogens is 2. The van der Waals surface area contributed by atoms with E-state index < -0.39 is 0 Å². The molecule has 0 atom stereocenters. The van der Waals surface area contributed by atoms with Crippen LogP contribution in [0.2, 0.25) is 0 Å². The first kappa shape index (κ1) is 26.9. The van der Waals surface area contributed by atoms with Crippen molar-refractivity contribution in [3.05, 3.63) is 170 Å². The van der Waals surface area contributed by atoms with Crippen LogP contribution in [0.4, 0.5) is 0 Å². The lowest BCUT2D eigenvalue weighted by atomic mass is 10.0. The third kappa shape index (κ3) is 3.76. The topological polar surface area (TPSA) is 9.86 Å². The average Bonchev–Trinajstić information content (AvgIpc) is 3.82. The number of fused-ring (bicyclic) bond motifs is 11. The number of rotatable bonds is 3. The molecule has 228 valence electrons. The van der Waals surface area contributed by atoms with E-state index in [0.717, 1.165) is 0 Å². The van der Waals surface area contributed by atoms with Gasteiger partial charge in [0.2, 0.25) is 0 Å². The Hall–Kier alpha value is -6.16. The van der Waals surface area contributed by atoms with E-state index in [1.165, 1.54) is 97.1 Å². The van der Waals surface area contributed by atoms with Gasteiger partial charge < -0.3 is 9.13 Å². The number of benzene rings is 8. The number of hydrogen-bond donors (Lipinski definition) is 0. The highest BCUT2D eigenvalue weighted by Gasteiger charge is 2.23. The van der Waals surface area contributed by atoms with Gasteiger partial charge in [0.05, 0.1) is 33.4 Å². The van der Waals surface area contributed by atoms with Crippen molar-refractivity contribution in [2.75, 3.05) is 0 Å². The predicted octanol–water partition coefficient (Wildman–Crippen LogP) is 13.1. The van der Waals surface area contributed by atoms with Crippen molar-refractivity contribution in [2.24, 2.45) is 0 Å². The third-order valence-electron chi connectivity index (χ3n) is 10.3. The molecule has 11 aromatic rings. The van der Waals surface area contributed by atoms with E-state index in [0.29, 0.717) is 0 Å². The summed E-state index contributed by atoms with van der Waals surface area (Å²) in [6.07, 6.45) is 0. The Morgan fingerprint density at radius 2 is 1.02 bits per heavy atom. The third-order valence-corrected chi connectivity index (χ3v) is 11.5. The highest BCUT2D eigenvalue weighted by molar-refractivity contribution is 7.26. The Balaban J connectivity index is 1.32. The van der Waals surface area contributed by atoms with Crippen molar-refractivity contribution in [1.29, 1.82) is 0 Å². The number of hydrogen-bond acceptors (Lipinski definition) is 1. The zero-order valence-electron chi connectivity index (χ0n) is 26.5. The van der Waals surface area contributed by atoms with Gasteiger partial charge >= 0.3 is 0 Å². The van der Waals surface area contributed by atoms with Crippen LogP contribution >= 0.6 is 11.3 Å². The van der Waals surface area contributed by atoms with Gasteiger partial charge in [-0.1, -0.05) is 127 Å². The van der Waals surface area contributed by atoms with Gasteiger partial charge in [0.15, 0.2) is 0 Å². The number of nitrogens with zero attached hydrogens (tertiary/aromatic N) is 2. The van der Waals surface area contributed by atoms with Crippen LogP contribution in [0.25, 0.3) is 97.1 Å². The molecule has 3 heterocycles. The van der Waals surface area contributed by atoms with Crippen LogP contribution in [0, 0.1) is 0 Å². The second kappa shape index (κ2) is 10.2. The van der Waals surface area contributed by atoms with E-state index in [9.17, 15) is 0 Å². The van der Waals surface area contributed by atoms with E-state index in [4.69, 9.17) is 0 Å². The quantitative estimate of drug-likeness (QED) is 0.182. The Morgan fingerprint density at radius 3 is 1.84 bits per heavy atom. The molecule has 0 spiro atoms. The molecule has 0 aliphatic carbocycles. The minimum Gasteiger partial charge on any atom is -0.307 e. The molecule has 11 rings (SSSR count). The first-order valence-electron chi connectivity index (χ1n) is 16.8. The molecule has 0 amide bonds. The summed E-state index contributed by atoms with van der Waals surface area (Å²) in [4.78, 5) is 0. The molecule has 0 aliphatic heterocycles. The van der Waals surface area contributed by atoms with Gasteiger partial charge in [-0.3, -0.25) is 0 Å². The maximum absolute atomic E-state index is 2.53. The molecule has 0 saturated carbocycles. The lowest BCUT2D eigenvalue weighted by Crippen LogP contribution is -2.01. The minimum atomic E-state index is 1.18. The second-order valence-corrected chi connectivity index (χ2v) is 13.9. The molecule has 0 saturated heterocycles. The van der Waals surface area contributed by atoms with Crippen LogP contribution in [-0.4, -0.2) is 9.13 Å². The Labute approximate surface area is 286 Å². The largest absolute Gasteiger partial charge is 0.307 e. The standard InChI is InChI=1S/C46H28N2S/c1-2-12-29(13-3-1)31-24-27-43-37(28-31)35-25-26-41-44(46(35)49-43)36-19-11-23-42(45(36)48(41)38-22-10-15-30-14-4-5-16-32(30)38)47-39-20-8-6-17-33(39)34-18-7-9-21-40(34)47/h1-28H. The molecule has 3 heteroatoms. The van der Waals surface area contributed by atoms with Crippen LogP contribution in [0.15, 0.2) is 170 Å². The van der Waals surface area contributed by atoms with Crippen LogP contribution in [0.3, 0.4) is 0 Å². The van der Waals surface area contributed by atoms with Crippen molar-refractivity contribution in [3.8, 4) is 22.5 Å². The SMILES string of the molecule is c1ccc(-c2ccc3sc4c(ccc5c4c4cccc(-n6c7ccccc7c7ccccc76)c4n5-c4cccc5ccccc45)c3c2)cc1. The van der Waals surface area contributed by atoms with Crippen molar-refractivity contribution in [3.63, 3.8) is 0 Å². The van der Waals surface area contributed by atoms with Crippen molar-refractivity contribution in [1.82, 2.24) is 9.13 Å². The smallest absolute Gasteiger partial charge is 0.0783 e. The first-order chi connectivity index (χ1) is 24.3. The van der Waals surface area contributed by atoms with Crippen molar-refractivity contribution >= 4 is 85.9 Å². The van der Waals surface area contributed by atoms with Gasteiger partial charge in [0.1, 0.15) is 0 Å². The lowest BCUT2D eigenvalue weighted by Gasteiger charge is -2.16. The number of thiophene rings is 1. The zero-order valence-corrected chi connectivity index (χ0v) is 27.3. The van der Waals surface area contributed by atoms with E-state index in [1.54, 1.807) is 0 Å². The van der Waals surface area contributed by atoms with Gasteiger partial charge in [-0.15, -0.1) is 11.3 Å². The maximum atomic E-state index is 2.53. The Morgan fingerprint density at radius 1 is 0.367 bits per heavy atom. The predicted molar refractivity (Wildman–Crippen MR) is 211 cm³/mol. The van der Waals surface area contributed by atoms with Crippen molar-refractivity contribution in [2.45, 2.75) is 0 Å². The van der Waals surface area contributed by atoms with Gasteiger partial charge in [-0.05, 0) is 59.0 Å². The first-order valence-corrected chi connectivity index (χ1v) is 17.6. The second-order valence-electron chi connectivity index (χ2n) is 12.9. The summed E-state index contributed by atoms with van der Waals surface area (Å²) in [5, 5.41) is 10.2. The summed E-state index contributed by atoms with van der Waals surface area (Å²) < 4.78 is 7.65. The van der Waals surface area contributed by atoms with Gasteiger partial charge in [0.25, 0.3) is 0 Å². The molecular weight excluding hydrogens is 613 g/mol. The highest BCUT2D eigenvalue weighted by atomic mass is 32.1. The molecular formula is C46H28N2S. The summed E-state index contributed by atoms with van der Waals surface area (Å²) in [6.45, 7) is 0. The van der Waals surface area contributed by atoms with Crippen LogP contribution in [-0.2, 0) is 0 Å². The van der Waals surface area contributed by atoms with E-state index in [1.807, 2.05) is 11.3 Å². The molecule has 8 aromatic carbocycles. The molecule has 0 N–H and O–H groups in total. The summed E-state index contributed by atoms with van der Waals surface area (Å²) in [5.41, 5.74) is 9.74. The molecule has 0 aliphatic rings. The molecule has 0 radical (unpaired) electrons. The fourth-order valence-electron chi connectivity index (χ4n) is 8.19. The molecule has 3 aromatic heterocycles. The summed E-state index contributed by atoms with van der Waals surface area (Å²) in [6, 6.07) is 62.3. The summed E-state index contributed by atoms with van der Waals surface area (Å²) >= 11 is 1.91. The fourth-order valence-corrected chi connectivity index (χ4v) is 9.43.